The second-order valence-corrected chi connectivity index (χ2v) is 7.70. The van der Waals surface area contributed by atoms with Gasteiger partial charge in [0.25, 0.3) is 15.7 Å². The number of nitrogens with zero attached hydrogens (tertiary/aromatic N) is 3. The van der Waals surface area contributed by atoms with E-state index in [2.05, 4.69) is 9.97 Å². The number of nitrogens with one attached hydrogen (secondary N) is 1. The first-order valence-corrected chi connectivity index (χ1v) is 7.84. The monoisotopic (exact) mass is 336 g/mol. The van der Waals surface area contributed by atoms with Crippen LogP contribution in [0, 0.1) is 10.1 Å². The Morgan fingerprint density at radius 1 is 1.60 bits per heavy atom. The van der Waals surface area contributed by atoms with Crippen LogP contribution in [-0.4, -0.2) is 34.7 Å². The minimum Gasteiger partial charge on any atom is -0.347 e. The van der Waals surface area contributed by atoms with Gasteiger partial charge in [-0.15, -0.1) is 11.3 Å². The van der Waals surface area contributed by atoms with Gasteiger partial charge in [-0.05, 0) is 0 Å². The van der Waals surface area contributed by atoms with Gasteiger partial charge in [-0.3, -0.25) is 10.1 Å². The zero-order valence-electron chi connectivity index (χ0n) is 10.1. The molecule has 0 saturated heterocycles. The van der Waals surface area contributed by atoms with Crippen molar-refractivity contribution in [3.8, 4) is 0 Å². The maximum atomic E-state index is 12.3. The highest BCUT2D eigenvalue weighted by atomic mass is 35.5. The number of aromatic nitrogens is 2. The van der Waals surface area contributed by atoms with Crippen LogP contribution in [0.15, 0.2) is 22.7 Å². The van der Waals surface area contributed by atoms with Gasteiger partial charge in [0.2, 0.25) is 0 Å². The number of aromatic amines is 1. The number of imidazole rings is 1. The minimum atomic E-state index is -3.85. The number of hydrogen-bond acceptors (Lipinski definition) is 6. The van der Waals surface area contributed by atoms with E-state index < -0.39 is 20.6 Å². The van der Waals surface area contributed by atoms with Gasteiger partial charge in [-0.25, -0.2) is 13.4 Å². The van der Waals surface area contributed by atoms with Gasteiger partial charge in [0.05, 0.1) is 11.5 Å². The topological polar surface area (TPSA) is 109 Å². The fraction of sp³-hybridized carbons (Fsp3) is 0.222. The minimum absolute atomic E-state index is 0.0264. The summed E-state index contributed by atoms with van der Waals surface area (Å²) in [5, 5.41) is 10.7. The van der Waals surface area contributed by atoms with Crippen LogP contribution in [0.3, 0.4) is 0 Å². The molecule has 0 bridgehead atoms. The van der Waals surface area contributed by atoms with Crippen molar-refractivity contribution in [1.82, 2.24) is 14.3 Å². The third-order valence-corrected chi connectivity index (χ3v) is 6.03. The molecule has 2 aromatic rings. The summed E-state index contributed by atoms with van der Waals surface area (Å²) in [6.45, 7) is 0.0264. The van der Waals surface area contributed by atoms with E-state index in [1.165, 1.54) is 13.2 Å². The second kappa shape index (κ2) is 5.48. The summed E-state index contributed by atoms with van der Waals surface area (Å²) in [5.74, 6) is 0.466. The molecule has 0 atom stereocenters. The summed E-state index contributed by atoms with van der Waals surface area (Å²) in [7, 11) is -2.49. The molecule has 0 amide bonds. The molecular weight excluding hydrogens is 328 g/mol. The normalized spacial score (nSPS) is 11.9. The van der Waals surface area contributed by atoms with Gasteiger partial charge in [-0.2, -0.15) is 4.31 Å². The highest BCUT2D eigenvalue weighted by molar-refractivity contribution is 7.91. The Morgan fingerprint density at radius 3 is 2.80 bits per heavy atom. The Kier molecular flexibility index (Phi) is 4.09. The number of thiophene rings is 1. The average Bonchev–Trinajstić information content (AvgIpc) is 2.98. The first-order chi connectivity index (χ1) is 9.32. The molecule has 2 heterocycles. The molecule has 2 rings (SSSR count). The average molecular weight is 337 g/mol. The molecule has 11 heteroatoms. The molecule has 108 valence electrons. The lowest BCUT2D eigenvalue weighted by molar-refractivity contribution is -0.384. The van der Waals surface area contributed by atoms with E-state index in [1.54, 1.807) is 6.20 Å². The molecule has 8 nitrogen and oxygen atoms in total. The predicted molar refractivity (Wildman–Crippen MR) is 73.2 cm³/mol. The van der Waals surface area contributed by atoms with Crippen molar-refractivity contribution >= 4 is 38.6 Å². The van der Waals surface area contributed by atoms with Crippen molar-refractivity contribution in [3.05, 3.63) is 38.7 Å². The lowest BCUT2D eigenvalue weighted by atomic mass is 10.6. The molecule has 2 aromatic heterocycles. The molecule has 0 aliphatic heterocycles. The molecule has 1 N–H and O–H groups in total. The van der Waals surface area contributed by atoms with E-state index in [0.717, 1.165) is 10.4 Å². The van der Waals surface area contributed by atoms with Gasteiger partial charge < -0.3 is 4.98 Å². The van der Waals surface area contributed by atoms with Gasteiger partial charge >= 0.3 is 0 Å². The van der Waals surface area contributed by atoms with Crippen LogP contribution in [0.1, 0.15) is 5.82 Å². The summed E-state index contributed by atoms with van der Waals surface area (Å²) in [6.07, 6.45) is 3.07. The van der Waals surface area contributed by atoms with Crippen molar-refractivity contribution in [2.75, 3.05) is 7.05 Å². The van der Waals surface area contributed by atoms with E-state index in [1.807, 2.05) is 0 Å². The molecule has 0 aliphatic carbocycles. The van der Waals surface area contributed by atoms with E-state index in [0.29, 0.717) is 17.2 Å². The van der Waals surface area contributed by atoms with Gasteiger partial charge in [0, 0.05) is 25.5 Å². The lowest BCUT2D eigenvalue weighted by Crippen LogP contribution is -2.26. The Labute approximate surface area is 123 Å². The maximum Gasteiger partial charge on any atom is 0.300 e. The largest absolute Gasteiger partial charge is 0.347 e. The Balaban J connectivity index is 2.30. The van der Waals surface area contributed by atoms with Gasteiger partial charge in [-0.1, -0.05) is 11.6 Å². The predicted octanol–water partition coefficient (Wildman–Crippen LogP) is 1.85. The van der Waals surface area contributed by atoms with Crippen LogP contribution >= 0.6 is 22.9 Å². The van der Waals surface area contributed by atoms with Crippen LogP contribution in [0.5, 0.6) is 0 Å². The van der Waals surface area contributed by atoms with Gasteiger partial charge in [0.1, 0.15) is 10.0 Å². The van der Waals surface area contributed by atoms with Crippen LogP contribution < -0.4 is 0 Å². The summed E-state index contributed by atoms with van der Waals surface area (Å²) >= 11 is 6.32. The number of hydrogen-bond donors (Lipinski definition) is 1. The van der Waals surface area contributed by atoms with Crippen LogP contribution in [-0.2, 0) is 16.6 Å². The maximum absolute atomic E-state index is 12.3. The number of halogens is 1. The zero-order valence-corrected chi connectivity index (χ0v) is 12.5. The second-order valence-electron chi connectivity index (χ2n) is 3.78. The first-order valence-electron chi connectivity index (χ1n) is 5.20. The summed E-state index contributed by atoms with van der Waals surface area (Å²) < 4.78 is 25.2. The quantitative estimate of drug-likeness (QED) is 0.662. The van der Waals surface area contributed by atoms with Crippen LogP contribution in [0.4, 0.5) is 5.69 Å². The molecule has 20 heavy (non-hydrogen) atoms. The number of sulfonamides is 1. The molecular formula is C9H9ClN4O4S2. The van der Waals surface area contributed by atoms with Crippen molar-refractivity contribution in [2.45, 2.75) is 10.8 Å². The third kappa shape index (κ3) is 2.82. The highest BCUT2D eigenvalue weighted by Crippen LogP contribution is 2.37. The molecule has 0 aromatic carbocycles. The Hall–Kier alpha value is -1.49. The zero-order chi connectivity index (χ0) is 14.9. The highest BCUT2D eigenvalue weighted by Gasteiger charge is 2.28. The van der Waals surface area contributed by atoms with Crippen LogP contribution in [0.2, 0.25) is 4.34 Å². The molecule has 0 spiro atoms. The van der Waals surface area contributed by atoms with Crippen molar-refractivity contribution in [1.29, 1.82) is 0 Å². The van der Waals surface area contributed by atoms with E-state index in [9.17, 15) is 18.5 Å². The molecule has 0 fully saturated rings. The van der Waals surface area contributed by atoms with E-state index in [4.69, 9.17) is 11.6 Å². The number of nitro groups is 1. The van der Waals surface area contributed by atoms with Gasteiger partial charge in [0.15, 0.2) is 4.34 Å². The Morgan fingerprint density at radius 2 is 2.30 bits per heavy atom. The summed E-state index contributed by atoms with van der Waals surface area (Å²) in [6, 6.07) is 0.959. The molecule has 0 aliphatic rings. The third-order valence-electron chi connectivity index (χ3n) is 2.43. The summed E-state index contributed by atoms with van der Waals surface area (Å²) in [5.41, 5.74) is -0.415. The van der Waals surface area contributed by atoms with Crippen molar-refractivity contribution in [3.63, 3.8) is 0 Å². The standard InChI is InChI=1S/C9H9ClN4O4S2/c1-13(5-7-11-2-3-12-7)20(17,18)8-4-6(14(15)16)9(10)19-8/h2-4H,5H2,1H3,(H,11,12). The molecule has 0 saturated carbocycles. The molecule has 0 radical (unpaired) electrons. The van der Waals surface area contributed by atoms with Crippen molar-refractivity contribution < 1.29 is 13.3 Å². The fourth-order valence-corrected chi connectivity index (χ4v) is 4.43. The van der Waals surface area contributed by atoms with E-state index in [-0.39, 0.29) is 15.1 Å². The smallest absolute Gasteiger partial charge is 0.300 e. The SMILES string of the molecule is CN(Cc1ncc[nH]1)S(=O)(=O)c1cc([N+](=O)[O-])c(Cl)s1. The molecule has 0 unspecified atom stereocenters. The lowest BCUT2D eigenvalue weighted by Gasteiger charge is -2.13. The van der Waals surface area contributed by atoms with Crippen LogP contribution in [0.25, 0.3) is 0 Å². The fourth-order valence-electron chi connectivity index (χ4n) is 1.42. The van der Waals surface area contributed by atoms with Crippen molar-refractivity contribution in [2.24, 2.45) is 0 Å². The summed E-state index contributed by atoms with van der Waals surface area (Å²) in [4.78, 5) is 16.7. The number of rotatable bonds is 5. The Bertz CT molecular complexity index is 725. The first kappa shape index (κ1) is 14.9. The number of H-pyrrole nitrogens is 1. The van der Waals surface area contributed by atoms with E-state index >= 15 is 0 Å².